The summed E-state index contributed by atoms with van der Waals surface area (Å²) in [4.78, 5) is 24.0. The zero-order valence-electron chi connectivity index (χ0n) is 10.5. The molecule has 0 aromatic heterocycles. The summed E-state index contributed by atoms with van der Waals surface area (Å²) < 4.78 is 5.71. The van der Waals surface area contributed by atoms with Crippen molar-refractivity contribution >= 4 is 68.7 Å². The molecule has 112 valence electrons. The Morgan fingerprint density at radius 2 is 1.23 bits per heavy atom. The maximum absolute atomic E-state index is 11.3. The molecule has 0 N–H and O–H groups in total. The molecule has 0 radical (unpaired) electrons. The minimum atomic E-state index is -0.660. The van der Waals surface area contributed by atoms with Gasteiger partial charge in [0.25, 0.3) is 10.5 Å². The second kappa shape index (κ2) is 5.95. The first-order valence-corrected chi connectivity index (χ1v) is 8.12. The maximum Gasteiger partial charge on any atom is 0.253 e. The first-order chi connectivity index (χ1) is 10.4. The van der Waals surface area contributed by atoms with Gasteiger partial charge < -0.3 is 4.74 Å². The van der Waals surface area contributed by atoms with Crippen LogP contribution in [0.2, 0.25) is 10.0 Å². The quantitative estimate of drug-likeness (QED) is 0.500. The molecular formula is C14H4Cl4O3S. The molecule has 0 saturated carbocycles. The van der Waals surface area contributed by atoms with E-state index in [0.717, 1.165) is 0 Å². The van der Waals surface area contributed by atoms with Gasteiger partial charge in [0, 0.05) is 12.1 Å². The van der Waals surface area contributed by atoms with Crippen LogP contribution in [0.25, 0.3) is 0 Å². The fourth-order valence-corrected chi connectivity index (χ4v) is 3.81. The molecule has 0 atom stereocenters. The fourth-order valence-electron chi connectivity index (χ4n) is 1.93. The molecule has 0 fully saturated rings. The molecular weight excluding hydrogens is 390 g/mol. The monoisotopic (exact) mass is 392 g/mol. The Bertz CT molecular complexity index is 768. The minimum Gasteiger partial charge on any atom is -0.455 e. The zero-order chi connectivity index (χ0) is 16.0. The van der Waals surface area contributed by atoms with Crippen molar-refractivity contribution in [1.82, 2.24) is 0 Å². The van der Waals surface area contributed by atoms with Gasteiger partial charge in [0.15, 0.2) is 0 Å². The SMILES string of the molecule is O=C(Cl)c1cc2c(cc1Cl)Oc1cc(Cl)c(C(=O)Cl)cc1S2. The van der Waals surface area contributed by atoms with Crippen molar-refractivity contribution in [3.8, 4) is 11.5 Å². The van der Waals surface area contributed by atoms with Crippen LogP contribution in [-0.4, -0.2) is 10.5 Å². The molecule has 0 unspecified atom stereocenters. The van der Waals surface area contributed by atoms with E-state index < -0.39 is 10.5 Å². The van der Waals surface area contributed by atoms with Gasteiger partial charge in [0.05, 0.1) is 31.0 Å². The maximum atomic E-state index is 11.3. The second-order valence-electron chi connectivity index (χ2n) is 4.31. The van der Waals surface area contributed by atoms with E-state index in [-0.39, 0.29) is 21.2 Å². The fraction of sp³-hybridized carbons (Fsp3) is 0. The van der Waals surface area contributed by atoms with Crippen molar-refractivity contribution in [3.63, 3.8) is 0 Å². The highest BCUT2D eigenvalue weighted by Crippen LogP contribution is 2.50. The molecule has 1 aliphatic heterocycles. The molecule has 0 aliphatic carbocycles. The zero-order valence-corrected chi connectivity index (χ0v) is 14.3. The predicted molar refractivity (Wildman–Crippen MR) is 87.5 cm³/mol. The standard InChI is InChI=1S/C14H4Cl4O3S/c15-7-3-9-11(1-5(7)13(17)19)22-12-2-6(14(18)20)8(16)4-10(12)21-9/h1-4H. The smallest absolute Gasteiger partial charge is 0.253 e. The molecule has 2 aromatic carbocycles. The van der Waals surface area contributed by atoms with Crippen molar-refractivity contribution in [1.29, 1.82) is 0 Å². The highest BCUT2D eigenvalue weighted by atomic mass is 35.5. The number of carbonyl (C=O) groups excluding carboxylic acids is 2. The Labute approximate surface area is 149 Å². The van der Waals surface area contributed by atoms with Gasteiger partial charge in [0.2, 0.25) is 0 Å². The summed E-state index contributed by atoms with van der Waals surface area (Å²) in [6.07, 6.45) is 0. The predicted octanol–water partition coefficient (Wildman–Crippen LogP) is 6.01. The summed E-state index contributed by atoms with van der Waals surface area (Å²) in [7, 11) is 0. The van der Waals surface area contributed by atoms with Gasteiger partial charge in [-0.05, 0) is 35.3 Å². The third kappa shape index (κ3) is 2.82. The van der Waals surface area contributed by atoms with Crippen LogP contribution in [0.5, 0.6) is 11.5 Å². The largest absolute Gasteiger partial charge is 0.455 e. The summed E-state index contributed by atoms with van der Waals surface area (Å²) in [5, 5.41) is -0.929. The first-order valence-electron chi connectivity index (χ1n) is 5.79. The van der Waals surface area contributed by atoms with Gasteiger partial charge in [-0.3, -0.25) is 9.59 Å². The van der Waals surface area contributed by atoms with E-state index in [1.807, 2.05) is 0 Å². The molecule has 1 aliphatic rings. The summed E-state index contributed by atoms with van der Waals surface area (Å²) in [6, 6.07) is 6.10. The molecule has 3 rings (SSSR count). The third-order valence-corrected chi connectivity index (χ3v) is 5.04. The summed E-state index contributed by atoms with van der Waals surface area (Å²) in [5.74, 6) is 0.954. The molecule has 8 heteroatoms. The molecule has 0 saturated heterocycles. The van der Waals surface area contributed by atoms with Crippen LogP contribution in [-0.2, 0) is 0 Å². The molecule has 0 bridgehead atoms. The Hall–Kier alpha value is -0.910. The summed E-state index contributed by atoms with van der Waals surface area (Å²) in [5.41, 5.74) is 0.369. The van der Waals surface area contributed by atoms with Crippen molar-refractivity contribution in [2.45, 2.75) is 9.79 Å². The van der Waals surface area contributed by atoms with Crippen molar-refractivity contribution < 1.29 is 14.3 Å². The van der Waals surface area contributed by atoms with Crippen molar-refractivity contribution in [2.75, 3.05) is 0 Å². The Morgan fingerprint density at radius 1 is 0.818 bits per heavy atom. The highest BCUT2D eigenvalue weighted by molar-refractivity contribution is 7.99. The van der Waals surface area contributed by atoms with E-state index in [9.17, 15) is 9.59 Å². The van der Waals surface area contributed by atoms with Gasteiger partial charge in [-0.1, -0.05) is 35.0 Å². The number of fused-ring (bicyclic) bond motifs is 2. The van der Waals surface area contributed by atoms with E-state index in [0.29, 0.717) is 21.3 Å². The molecule has 2 aromatic rings. The van der Waals surface area contributed by atoms with Gasteiger partial charge in [-0.2, -0.15) is 0 Å². The molecule has 1 heterocycles. The average molecular weight is 394 g/mol. The molecule has 22 heavy (non-hydrogen) atoms. The van der Waals surface area contributed by atoms with Gasteiger partial charge in [-0.15, -0.1) is 0 Å². The number of carbonyl (C=O) groups is 2. The van der Waals surface area contributed by atoms with Crippen LogP contribution >= 0.6 is 58.2 Å². The van der Waals surface area contributed by atoms with Crippen LogP contribution in [0, 0.1) is 0 Å². The third-order valence-electron chi connectivity index (χ3n) is 2.93. The van der Waals surface area contributed by atoms with Crippen LogP contribution in [0.3, 0.4) is 0 Å². The minimum absolute atomic E-state index is 0.184. The number of rotatable bonds is 2. The van der Waals surface area contributed by atoms with E-state index in [4.69, 9.17) is 51.1 Å². The number of hydrogen-bond acceptors (Lipinski definition) is 4. The highest BCUT2D eigenvalue weighted by Gasteiger charge is 2.24. The van der Waals surface area contributed by atoms with E-state index in [2.05, 4.69) is 0 Å². The molecule has 0 spiro atoms. The Morgan fingerprint density at radius 3 is 1.59 bits per heavy atom. The van der Waals surface area contributed by atoms with Gasteiger partial charge in [0.1, 0.15) is 11.5 Å². The van der Waals surface area contributed by atoms with E-state index in [1.165, 1.54) is 36.0 Å². The number of hydrogen-bond donors (Lipinski definition) is 0. The second-order valence-corrected chi connectivity index (χ2v) is 6.89. The number of halogens is 4. The lowest BCUT2D eigenvalue weighted by atomic mass is 10.2. The van der Waals surface area contributed by atoms with Crippen LogP contribution in [0.4, 0.5) is 0 Å². The van der Waals surface area contributed by atoms with E-state index >= 15 is 0 Å². The Kier molecular flexibility index (Phi) is 4.32. The van der Waals surface area contributed by atoms with Crippen LogP contribution in [0.15, 0.2) is 34.1 Å². The molecule has 3 nitrogen and oxygen atoms in total. The lowest BCUT2D eigenvalue weighted by Gasteiger charge is -2.21. The van der Waals surface area contributed by atoms with Gasteiger partial charge in [-0.25, -0.2) is 0 Å². The molecule has 0 amide bonds. The van der Waals surface area contributed by atoms with Crippen molar-refractivity contribution in [2.24, 2.45) is 0 Å². The van der Waals surface area contributed by atoms with E-state index in [1.54, 1.807) is 0 Å². The lowest BCUT2D eigenvalue weighted by Crippen LogP contribution is -2.01. The summed E-state index contributed by atoms with van der Waals surface area (Å²) in [6.45, 7) is 0. The Balaban J connectivity index is 2.10. The van der Waals surface area contributed by atoms with Crippen molar-refractivity contribution in [3.05, 3.63) is 45.4 Å². The topological polar surface area (TPSA) is 43.4 Å². The van der Waals surface area contributed by atoms with Crippen LogP contribution < -0.4 is 4.74 Å². The average Bonchev–Trinajstić information content (AvgIpc) is 2.43. The van der Waals surface area contributed by atoms with Gasteiger partial charge >= 0.3 is 0 Å². The first kappa shape index (κ1) is 16.0. The lowest BCUT2D eigenvalue weighted by molar-refractivity contribution is 0.107. The summed E-state index contributed by atoms with van der Waals surface area (Å²) >= 11 is 24.3. The number of benzene rings is 2. The normalized spacial score (nSPS) is 12.2. The van der Waals surface area contributed by atoms with Crippen LogP contribution in [0.1, 0.15) is 20.7 Å². The number of ether oxygens (including phenoxy) is 1.